The van der Waals surface area contributed by atoms with Crippen LogP contribution >= 0.6 is 0 Å². The number of aliphatic hydroxyl groups is 2. The molecule has 1 heterocycles. The predicted molar refractivity (Wildman–Crippen MR) is 90.5 cm³/mol. The lowest BCUT2D eigenvalue weighted by atomic mass is 9.66. The Morgan fingerprint density at radius 1 is 1.17 bits per heavy atom. The summed E-state index contributed by atoms with van der Waals surface area (Å²) in [5, 5.41) is 19.1. The SMILES string of the molecule is COC1(c2c(-c3ccccc3)ncn2C2CC(CO)(CO)C2)CC1. The van der Waals surface area contributed by atoms with Crippen LogP contribution in [0.25, 0.3) is 11.3 Å². The van der Waals surface area contributed by atoms with Crippen molar-refractivity contribution in [2.24, 2.45) is 5.41 Å². The van der Waals surface area contributed by atoms with Crippen molar-refractivity contribution in [3.8, 4) is 11.3 Å². The van der Waals surface area contributed by atoms with Gasteiger partial charge in [0.1, 0.15) is 5.60 Å². The first kappa shape index (κ1) is 15.8. The van der Waals surface area contributed by atoms with Crippen LogP contribution in [0.1, 0.15) is 37.4 Å². The third-order valence-corrected chi connectivity index (χ3v) is 5.77. The van der Waals surface area contributed by atoms with E-state index in [-0.39, 0.29) is 30.3 Å². The summed E-state index contributed by atoms with van der Waals surface area (Å²) in [6, 6.07) is 10.5. The molecular weight excluding hydrogens is 304 g/mol. The third kappa shape index (κ3) is 2.31. The van der Waals surface area contributed by atoms with Gasteiger partial charge in [-0.2, -0.15) is 0 Å². The maximum Gasteiger partial charge on any atom is 0.110 e. The summed E-state index contributed by atoms with van der Waals surface area (Å²) in [6.45, 7) is 0.0655. The molecule has 0 aliphatic heterocycles. The molecule has 0 radical (unpaired) electrons. The first-order valence-corrected chi connectivity index (χ1v) is 8.57. The van der Waals surface area contributed by atoms with Crippen LogP contribution in [0.2, 0.25) is 0 Å². The van der Waals surface area contributed by atoms with Crippen molar-refractivity contribution < 1.29 is 14.9 Å². The van der Waals surface area contributed by atoms with Gasteiger partial charge in [0, 0.05) is 24.1 Å². The molecular formula is C19H24N2O3. The van der Waals surface area contributed by atoms with Gasteiger partial charge in [0.25, 0.3) is 0 Å². The first-order valence-electron chi connectivity index (χ1n) is 8.57. The van der Waals surface area contributed by atoms with Crippen LogP contribution in [0.3, 0.4) is 0 Å². The molecule has 2 N–H and O–H groups in total. The molecule has 0 spiro atoms. The Labute approximate surface area is 141 Å². The zero-order valence-corrected chi connectivity index (χ0v) is 14.0. The second kappa shape index (κ2) is 5.69. The Balaban J connectivity index is 1.73. The van der Waals surface area contributed by atoms with Gasteiger partial charge in [0.2, 0.25) is 0 Å². The topological polar surface area (TPSA) is 67.5 Å². The fraction of sp³-hybridized carbons (Fsp3) is 0.526. The number of rotatable bonds is 6. The molecule has 2 fully saturated rings. The molecule has 5 heteroatoms. The number of hydrogen-bond acceptors (Lipinski definition) is 4. The molecule has 0 saturated heterocycles. The molecule has 24 heavy (non-hydrogen) atoms. The van der Waals surface area contributed by atoms with E-state index in [9.17, 15) is 10.2 Å². The van der Waals surface area contributed by atoms with Gasteiger partial charge in [-0.25, -0.2) is 4.98 Å². The van der Waals surface area contributed by atoms with E-state index in [2.05, 4.69) is 16.7 Å². The molecule has 2 aliphatic rings. The van der Waals surface area contributed by atoms with Gasteiger partial charge in [0.15, 0.2) is 0 Å². The molecule has 5 nitrogen and oxygen atoms in total. The van der Waals surface area contributed by atoms with Crippen LogP contribution in [0.15, 0.2) is 36.7 Å². The molecule has 2 saturated carbocycles. The fourth-order valence-electron chi connectivity index (χ4n) is 3.99. The van der Waals surface area contributed by atoms with Gasteiger partial charge < -0.3 is 19.5 Å². The molecule has 0 bridgehead atoms. The van der Waals surface area contributed by atoms with E-state index in [0.29, 0.717) is 0 Å². The summed E-state index contributed by atoms with van der Waals surface area (Å²) in [7, 11) is 1.77. The summed E-state index contributed by atoms with van der Waals surface area (Å²) >= 11 is 0. The van der Waals surface area contributed by atoms with Crippen LogP contribution in [0.4, 0.5) is 0 Å². The molecule has 0 amide bonds. The van der Waals surface area contributed by atoms with Gasteiger partial charge in [-0.05, 0) is 25.7 Å². The molecule has 0 atom stereocenters. The highest BCUT2D eigenvalue weighted by atomic mass is 16.5. The highest BCUT2D eigenvalue weighted by Crippen LogP contribution is 2.55. The molecule has 2 aliphatic carbocycles. The second-order valence-corrected chi connectivity index (χ2v) is 7.29. The largest absolute Gasteiger partial charge is 0.396 e. The van der Waals surface area contributed by atoms with E-state index >= 15 is 0 Å². The van der Waals surface area contributed by atoms with Crippen molar-refractivity contribution in [1.82, 2.24) is 9.55 Å². The van der Waals surface area contributed by atoms with E-state index in [1.807, 2.05) is 24.5 Å². The van der Waals surface area contributed by atoms with Gasteiger partial charge in [-0.3, -0.25) is 0 Å². The highest BCUT2D eigenvalue weighted by molar-refractivity contribution is 5.64. The van der Waals surface area contributed by atoms with Crippen molar-refractivity contribution >= 4 is 0 Å². The average Bonchev–Trinajstić information content (AvgIpc) is 3.27. The van der Waals surface area contributed by atoms with Crippen LogP contribution in [-0.4, -0.2) is 40.1 Å². The zero-order valence-electron chi connectivity index (χ0n) is 14.0. The standard InChI is InChI=1S/C19H24N2O3/c1-24-19(7-8-19)17-16(14-5-3-2-4-6-14)20-13-21(17)15-9-18(10-15,11-22)12-23/h2-6,13,15,22-23H,7-12H2,1H3. The minimum absolute atomic E-state index is 0.0327. The lowest BCUT2D eigenvalue weighted by Gasteiger charge is -2.46. The monoisotopic (exact) mass is 328 g/mol. The Hall–Kier alpha value is -1.69. The van der Waals surface area contributed by atoms with Crippen LogP contribution in [0.5, 0.6) is 0 Å². The number of ether oxygens (including phenoxy) is 1. The number of aliphatic hydroxyl groups excluding tert-OH is 2. The van der Waals surface area contributed by atoms with E-state index < -0.39 is 0 Å². The fourth-order valence-corrected chi connectivity index (χ4v) is 3.99. The van der Waals surface area contributed by atoms with Crippen LogP contribution in [-0.2, 0) is 10.3 Å². The summed E-state index contributed by atoms with van der Waals surface area (Å²) in [6.07, 6.45) is 5.47. The minimum Gasteiger partial charge on any atom is -0.396 e. The molecule has 2 aromatic rings. The summed E-state index contributed by atoms with van der Waals surface area (Å²) in [5.74, 6) is 0. The minimum atomic E-state index is -0.344. The van der Waals surface area contributed by atoms with Gasteiger partial charge in [0.05, 0.1) is 30.9 Å². The summed E-state index contributed by atoms with van der Waals surface area (Å²) in [4.78, 5) is 4.70. The Morgan fingerprint density at radius 3 is 2.38 bits per heavy atom. The third-order valence-electron chi connectivity index (χ3n) is 5.77. The van der Waals surface area contributed by atoms with Crippen molar-refractivity contribution in [3.05, 3.63) is 42.4 Å². The lowest BCUT2D eigenvalue weighted by Crippen LogP contribution is -2.44. The van der Waals surface area contributed by atoms with Gasteiger partial charge in [-0.15, -0.1) is 0 Å². The van der Waals surface area contributed by atoms with E-state index in [0.717, 1.165) is 42.6 Å². The van der Waals surface area contributed by atoms with Crippen molar-refractivity contribution in [2.45, 2.75) is 37.3 Å². The van der Waals surface area contributed by atoms with Gasteiger partial charge >= 0.3 is 0 Å². The lowest BCUT2D eigenvalue weighted by molar-refractivity contribution is -0.0462. The second-order valence-electron chi connectivity index (χ2n) is 7.29. The number of aromatic nitrogens is 2. The highest BCUT2D eigenvalue weighted by Gasteiger charge is 2.52. The normalized spacial score (nSPS) is 21.5. The Bertz CT molecular complexity index is 709. The molecule has 0 unspecified atom stereocenters. The van der Waals surface area contributed by atoms with E-state index in [1.54, 1.807) is 7.11 Å². The molecule has 4 rings (SSSR count). The number of benzene rings is 1. The summed E-state index contributed by atoms with van der Waals surface area (Å²) < 4.78 is 8.08. The quantitative estimate of drug-likeness (QED) is 0.855. The van der Waals surface area contributed by atoms with Crippen LogP contribution < -0.4 is 0 Å². The van der Waals surface area contributed by atoms with Crippen molar-refractivity contribution in [2.75, 3.05) is 20.3 Å². The smallest absolute Gasteiger partial charge is 0.110 e. The van der Waals surface area contributed by atoms with Crippen molar-refractivity contribution in [1.29, 1.82) is 0 Å². The van der Waals surface area contributed by atoms with E-state index in [1.165, 1.54) is 0 Å². The number of nitrogens with zero attached hydrogens (tertiary/aromatic N) is 2. The Kier molecular flexibility index (Phi) is 3.75. The average molecular weight is 328 g/mol. The predicted octanol–water partition coefficient (Wildman–Crippen LogP) is 2.49. The maximum absolute atomic E-state index is 9.56. The number of methoxy groups -OCH3 is 1. The maximum atomic E-state index is 9.56. The van der Waals surface area contributed by atoms with Crippen LogP contribution in [0, 0.1) is 5.41 Å². The number of hydrogen-bond donors (Lipinski definition) is 2. The van der Waals surface area contributed by atoms with Crippen molar-refractivity contribution in [3.63, 3.8) is 0 Å². The molecule has 128 valence electrons. The number of imidazole rings is 1. The molecule has 1 aromatic heterocycles. The summed E-state index contributed by atoms with van der Waals surface area (Å²) in [5.41, 5.74) is 2.65. The Morgan fingerprint density at radius 2 is 1.83 bits per heavy atom. The van der Waals surface area contributed by atoms with Gasteiger partial charge in [-0.1, -0.05) is 30.3 Å². The first-order chi connectivity index (χ1) is 11.7. The van der Waals surface area contributed by atoms with E-state index in [4.69, 9.17) is 9.72 Å². The molecule has 1 aromatic carbocycles. The zero-order chi connectivity index (χ0) is 16.8.